The Labute approximate surface area is 684 Å². The van der Waals surface area contributed by atoms with E-state index in [0.717, 1.165) is 17.5 Å². The summed E-state index contributed by atoms with van der Waals surface area (Å²) in [6.07, 6.45) is 7.60. The van der Waals surface area contributed by atoms with E-state index in [1.165, 1.54) is 89.0 Å². The molecular weight excluding hydrogens is 1070 g/mol. The Hall–Kier alpha value is -3.00. The summed E-state index contributed by atoms with van der Waals surface area (Å²) < 4.78 is 0. The third-order valence-electron chi connectivity index (χ3n) is 12.0. The molecule has 0 saturated heterocycles. The average molecular weight is 1150 g/mol. The molecule has 0 atom stereocenters. The molecule has 13 rings (SSSR count). The minimum atomic E-state index is 0. The molecule has 0 aliphatic carbocycles. The second kappa shape index (κ2) is 66.2. The van der Waals surface area contributed by atoms with Gasteiger partial charge < -0.3 is 19.8 Å². The van der Waals surface area contributed by atoms with Gasteiger partial charge >= 0.3 is 189 Å². The van der Waals surface area contributed by atoms with Gasteiger partial charge in [-0.3, -0.25) is 0 Å². The van der Waals surface area contributed by atoms with Crippen molar-refractivity contribution in [3.05, 3.63) is 364 Å². The summed E-state index contributed by atoms with van der Waals surface area (Å²) in [4.78, 5) is 0. The van der Waals surface area contributed by atoms with E-state index in [4.69, 9.17) is 0 Å². The largest absolute Gasteiger partial charge is 1.00 e. The molecule has 0 amide bonds. The molecule has 0 fully saturated rings. The Morgan fingerprint density at radius 3 is 1.17 bits per heavy atom. The fraction of sp³-hybridized carbons (Fsp3) is 0.133. The molecule has 424 valence electrons. The zero-order valence-electron chi connectivity index (χ0n) is 60.2. The number of hydrogen-bond donors (Lipinski definition) is 0. The van der Waals surface area contributed by atoms with E-state index in [-0.39, 0.29) is 189 Å². The molecule has 13 aromatic rings. The first-order chi connectivity index (χ1) is 40.6. The molecule has 10 heteroatoms. The quantitative estimate of drug-likeness (QED) is 0.0717. The second-order valence-electron chi connectivity index (χ2n) is 19.1. The molecule has 0 N–H and O–H groups in total. The molecule has 93 heavy (non-hydrogen) atoms. The number of unbranched alkanes of at least 4 members (excludes halogenated alkanes) is 2. The molecule has 0 nitrogen and oxygen atoms in total. The van der Waals surface area contributed by atoms with Gasteiger partial charge in [0, 0.05) is 0 Å². The molecule has 0 aliphatic rings. The molecule has 0 unspecified atom stereocenters. The topological polar surface area (TPSA) is 0 Å². The second-order valence-corrected chi connectivity index (χ2v) is 19.1. The fourth-order valence-corrected chi connectivity index (χ4v) is 7.62. The van der Waals surface area contributed by atoms with Gasteiger partial charge in [-0.1, -0.05) is 189 Å². The Morgan fingerprint density at radius 1 is 0.366 bits per heavy atom. The Balaban J connectivity index is -0.000000180. The van der Waals surface area contributed by atoms with Crippen LogP contribution in [0.1, 0.15) is 76.1 Å². The van der Waals surface area contributed by atoms with Crippen LogP contribution in [0.4, 0.5) is 0 Å². The summed E-state index contributed by atoms with van der Waals surface area (Å²) >= 11 is 0. The zero-order chi connectivity index (χ0) is 59.5. The summed E-state index contributed by atoms with van der Waals surface area (Å²) in [7, 11) is 0. The number of hydrogen-bond acceptors (Lipinski definition) is 0. The van der Waals surface area contributed by atoms with Crippen molar-refractivity contribution in [3.8, 4) is 11.1 Å². The van der Waals surface area contributed by atoms with Crippen molar-refractivity contribution in [2.75, 3.05) is 0 Å². The van der Waals surface area contributed by atoms with Gasteiger partial charge in [-0.05, 0) is 0 Å². The molecule has 0 spiro atoms. The molecule has 13 aromatic carbocycles. The van der Waals surface area contributed by atoms with E-state index in [9.17, 15) is 0 Å². The zero-order valence-corrected chi connectivity index (χ0v) is 60.2. The Kier molecular flexibility index (Phi) is 73.7. The van der Waals surface area contributed by atoms with Gasteiger partial charge in [0.15, 0.2) is 0 Å². The van der Waals surface area contributed by atoms with E-state index in [1.54, 1.807) is 0 Å². The van der Waals surface area contributed by atoms with Gasteiger partial charge in [0.05, 0.1) is 0 Å². The van der Waals surface area contributed by atoms with Crippen LogP contribution in [0.5, 0.6) is 0 Å². The van der Waals surface area contributed by atoms with Crippen LogP contribution in [0.15, 0.2) is 279 Å². The minimum Gasteiger partial charge on any atom is -0.343 e. The summed E-state index contributed by atoms with van der Waals surface area (Å²) in [6, 6.07) is 113. The monoisotopic (exact) mass is 1150 g/mol. The van der Waals surface area contributed by atoms with Crippen molar-refractivity contribution in [1.82, 2.24) is 0 Å². The molecule has 0 bridgehead atoms. The van der Waals surface area contributed by atoms with E-state index in [0.29, 0.717) is 0 Å². The predicted octanol–water partition coefficient (Wildman–Crippen LogP) is -6.34. The maximum atomic E-state index is 3.72. The van der Waals surface area contributed by atoms with Crippen LogP contribution in [-0.4, -0.2) is 0 Å². The van der Waals surface area contributed by atoms with E-state index in [2.05, 4.69) is 225 Å². The van der Waals surface area contributed by atoms with E-state index >= 15 is 0 Å². The molecule has 0 saturated carbocycles. The van der Waals surface area contributed by atoms with Crippen molar-refractivity contribution >= 4 is 53.9 Å². The first-order valence-electron chi connectivity index (χ1n) is 28.7. The predicted molar refractivity (Wildman–Crippen MR) is 366 cm³/mol. The molecule has 0 aromatic heterocycles. The van der Waals surface area contributed by atoms with Crippen LogP contribution in [-0.2, 0) is 0 Å². The van der Waals surface area contributed by atoms with Crippen molar-refractivity contribution < 1.29 is 189 Å². The SMILES string of the molecule is C[CH-]C.C[CH-]CC.Cc1[c-]cccc1.Cc1c[c-]cc(C)c1.[CH2-]CCC.[CH2-]c1ccccc1.[Li+].[Li+].[Li+].[Li+].[Li+].[Li+].[Li+].[Li+].[Li+].[Li+].[c-]1c2ccccc2cc2ccccc12.[c-]1cc2ccccc2c2ccccc12.[c-]1cccc2ccccc12.[c-]1ccccc1-c1ccccc1. The summed E-state index contributed by atoms with van der Waals surface area (Å²) in [5.74, 6) is 0. The molecule has 0 aliphatic heterocycles. The van der Waals surface area contributed by atoms with Crippen LogP contribution in [0, 0.1) is 83.9 Å². The standard InChI is InChI=1S/2C14H9.C12H9.C10H7.C8H9.2C7H7.2C4H9.C3H7.10Li/c1-3-7-13-11(5-1)9-10-12-6-2-4-8-14(12)13;1-2-6-12-10-14-8-4-3-7-13(14)9-11(12)5-1;1-3-7-11(8-4-1)12-9-5-2-6-10-12;1-2-6-10-8-4-3-7-9(10)5-1;1-7-4-3-5-8(2)6-7;2*1-7-5-3-2-4-6-7;2*1-3-4-2;1-3-2;;;;;;;;;;/h2*1-9H;1-9H;1-7H;4-6H,1-2H3;2-5H,1H3;2-6H,1H2;3H,4H2,1-2H3;1,3-4H2,2H3;3H,1-2H3;;;;;;;;;;/q10*-1;10*+1. The van der Waals surface area contributed by atoms with Gasteiger partial charge in [-0.15, -0.1) is 165 Å². The number of fused-ring (bicyclic) bond motifs is 6. The fourth-order valence-electron chi connectivity index (χ4n) is 7.62. The van der Waals surface area contributed by atoms with Crippen LogP contribution in [0.25, 0.3) is 65.0 Å². The van der Waals surface area contributed by atoms with Crippen LogP contribution in [0.3, 0.4) is 0 Å². The normalized spacial score (nSPS) is 8.53. The Bertz CT molecular complexity index is 3400. The van der Waals surface area contributed by atoms with Crippen LogP contribution < -0.4 is 189 Å². The van der Waals surface area contributed by atoms with Crippen molar-refractivity contribution in [2.45, 2.75) is 74.7 Å². The van der Waals surface area contributed by atoms with Crippen molar-refractivity contribution in [1.29, 1.82) is 0 Å². The maximum absolute atomic E-state index is 3.72. The first-order valence-corrected chi connectivity index (χ1v) is 28.7. The summed E-state index contributed by atoms with van der Waals surface area (Å²) in [5, 5.41) is 12.4. The average Bonchev–Trinajstić information content (AvgIpc) is 0.828. The van der Waals surface area contributed by atoms with Crippen LogP contribution >= 0.6 is 0 Å². The minimum absolute atomic E-state index is 0. The van der Waals surface area contributed by atoms with E-state index < -0.39 is 0 Å². The third kappa shape index (κ3) is 43.8. The molecular formula is C83H82Li10. The van der Waals surface area contributed by atoms with Gasteiger partial charge in [-0.25, -0.2) is 0 Å². The number of rotatable bonds is 3. The molecule has 0 heterocycles. The number of benzene rings is 13. The smallest absolute Gasteiger partial charge is 0.343 e. The maximum Gasteiger partial charge on any atom is 1.00 e. The van der Waals surface area contributed by atoms with Crippen LogP contribution in [0.2, 0.25) is 0 Å². The molecule has 0 radical (unpaired) electrons. The number of aryl methyl sites for hydroxylation is 3. The summed E-state index contributed by atoms with van der Waals surface area (Å²) in [5.41, 5.74) is 7.20. The first kappa shape index (κ1) is 103. The van der Waals surface area contributed by atoms with Gasteiger partial charge in [0.1, 0.15) is 0 Å². The Morgan fingerprint density at radius 2 is 0.763 bits per heavy atom. The van der Waals surface area contributed by atoms with Crippen molar-refractivity contribution in [3.63, 3.8) is 0 Å². The van der Waals surface area contributed by atoms with Crippen molar-refractivity contribution in [2.24, 2.45) is 0 Å². The van der Waals surface area contributed by atoms with Gasteiger partial charge in [0.25, 0.3) is 0 Å². The van der Waals surface area contributed by atoms with Gasteiger partial charge in [-0.2, -0.15) is 130 Å². The third-order valence-corrected chi connectivity index (χ3v) is 12.0. The summed E-state index contributed by atoms with van der Waals surface area (Å²) in [6.45, 7) is 23.8. The van der Waals surface area contributed by atoms with Gasteiger partial charge in [0.2, 0.25) is 0 Å². The van der Waals surface area contributed by atoms with E-state index in [1.807, 2.05) is 173 Å².